The molecular formula is C22H19F5N4O3. The molecule has 0 saturated carbocycles. The van der Waals surface area contributed by atoms with Gasteiger partial charge in [-0.1, -0.05) is 6.07 Å². The van der Waals surface area contributed by atoms with Crippen LogP contribution in [0.1, 0.15) is 34.4 Å². The maximum Gasteiger partial charge on any atom is 0.410 e. The molecule has 3 aromatic rings. The van der Waals surface area contributed by atoms with E-state index in [2.05, 4.69) is 15.7 Å². The van der Waals surface area contributed by atoms with Crippen LogP contribution >= 0.6 is 0 Å². The number of halogens is 5. The fraction of sp³-hybridized carbons (Fsp3) is 0.273. The number of hydrogen-bond acceptors (Lipinski definition) is 5. The highest BCUT2D eigenvalue weighted by atomic mass is 19.4. The van der Waals surface area contributed by atoms with Crippen LogP contribution in [-0.4, -0.2) is 36.1 Å². The first-order valence-electron chi connectivity index (χ1n) is 10.0. The van der Waals surface area contributed by atoms with Crippen LogP contribution in [-0.2, 0) is 0 Å². The Labute approximate surface area is 190 Å². The van der Waals surface area contributed by atoms with Gasteiger partial charge in [0.1, 0.15) is 23.0 Å². The third kappa shape index (κ3) is 4.35. The summed E-state index contributed by atoms with van der Waals surface area (Å²) in [5, 5.41) is 8.94. The zero-order valence-electron chi connectivity index (χ0n) is 17.9. The number of carbonyl (C=O) groups excluding carboxylic acids is 1. The minimum absolute atomic E-state index is 0.187. The molecule has 0 fully saturated rings. The second kappa shape index (κ2) is 8.84. The molecule has 180 valence electrons. The van der Waals surface area contributed by atoms with E-state index in [-0.39, 0.29) is 17.1 Å². The Morgan fingerprint density at radius 3 is 2.50 bits per heavy atom. The molecule has 0 saturated heterocycles. The van der Waals surface area contributed by atoms with Crippen molar-refractivity contribution < 1.29 is 36.2 Å². The SMILES string of the molecule is COc1ccc([C@@H]2C[C@@H](C(F)(F)F)n3ncc(C(=O)Nc4ccc(F)cc4F)c3N2)cc1OC. The lowest BCUT2D eigenvalue weighted by Crippen LogP contribution is -2.36. The van der Waals surface area contributed by atoms with Crippen molar-refractivity contribution in [3.63, 3.8) is 0 Å². The fourth-order valence-corrected chi connectivity index (χ4v) is 3.80. The number of amides is 1. The first-order chi connectivity index (χ1) is 16.1. The Kier molecular flexibility index (Phi) is 6.07. The summed E-state index contributed by atoms with van der Waals surface area (Å²) in [7, 11) is 2.84. The summed E-state index contributed by atoms with van der Waals surface area (Å²) in [6.45, 7) is 0. The lowest BCUT2D eigenvalue weighted by molar-refractivity contribution is -0.173. The van der Waals surface area contributed by atoms with Crippen LogP contribution in [0.15, 0.2) is 42.6 Å². The molecule has 0 radical (unpaired) electrons. The van der Waals surface area contributed by atoms with Crippen LogP contribution in [0.3, 0.4) is 0 Å². The van der Waals surface area contributed by atoms with E-state index in [0.717, 1.165) is 18.3 Å². The van der Waals surface area contributed by atoms with Gasteiger partial charge < -0.3 is 20.1 Å². The molecule has 2 aromatic carbocycles. The molecule has 1 aliphatic rings. The van der Waals surface area contributed by atoms with Gasteiger partial charge in [0.2, 0.25) is 0 Å². The molecule has 0 bridgehead atoms. The van der Waals surface area contributed by atoms with Gasteiger partial charge in [-0.3, -0.25) is 4.79 Å². The molecular weight excluding hydrogens is 463 g/mol. The number of nitrogens with zero attached hydrogens (tertiary/aromatic N) is 2. The lowest BCUT2D eigenvalue weighted by Gasteiger charge is -2.34. The Balaban J connectivity index is 1.70. The summed E-state index contributed by atoms with van der Waals surface area (Å²) >= 11 is 0. The minimum atomic E-state index is -4.66. The number of anilines is 2. The van der Waals surface area contributed by atoms with Crippen LogP contribution in [0.4, 0.5) is 33.5 Å². The fourth-order valence-electron chi connectivity index (χ4n) is 3.80. The molecule has 2 atom stereocenters. The lowest BCUT2D eigenvalue weighted by atomic mass is 9.96. The molecule has 1 aliphatic heterocycles. The first kappa shape index (κ1) is 23.3. The third-order valence-electron chi connectivity index (χ3n) is 5.47. The van der Waals surface area contributed by atoms with E-state index in [4.69, 9.17) is 9.47 Å². The summed E-state index contributed by atoms with van der Waals surface area (Å²) in [5.41, 5.74) is -0.0931. The zero-order valence-corrected chi connectivity index (χ0v) is 17.9. The van der Waals surface area contributed by atoms with Gasteiger partial charge in [-0.25, -0.2) is 13.5 Å². The van der Waals surface area contributed by atoms with Gasteiger partial charge in [-0.2, -0.15) is 18.3 Å². The maximum absolute atomic E-state index is 14.0. The maximum atomic E-state index is 14.0. The van der Waals surface area contributed by atoms with Gasteiger partial charge in [0.15, 0.2) is 17.5 Å². The van der Waals surface area contributed by atoms with Crippen molar-refractivity contribution in [3.05, 3.63) is 65.4 Å². The van der Waals surface area contributed by atoms with Gasteiger partial charge in [-0.05, 0) is 29.8 Å². The van der Waals surface area contributed by atoms with Crippen LogP contribution in [0.25, 0.3) is 0 Å². The number of benzene rings is 2. The Hall–Kier alpha value is -3.83. The van der Waals surface area contributed by atoms with E-state index >= 15 is 0 Å². The second-order valence-corrected chi connectivity index (χ2v) is 7.53. The number of aromatic nitrogens is 2. The first-order valence-corrected chi connectivity index (χ1v) is 10.0. The van der Waals surface area contributed by atoms with Gasteiger partial charge in [-0.15, -0.1) is 0 Å². The number of methoxy groups -OCH3 is 2. The number of rotatable bonds is 5. The molecule has 0 aliphatic carbocycles. The van der Waals surface area contributed by atoms with Crippen molar-refractivity contribution in [1.82, 2.24) is 9.78 Å². The molecule has 1 aromatic heterocycles. The summed E-state index contributed by atoms with van der Waals surface area (Å²) in [5.74, 6) is -2.24. The molecule has 4 rings (SSSR count). The summed E-state index contributed by atoms with van der Waals surface area (Å²) < 4.78 is 79.9. The van der Waals surface area contributed by atoms with Crippen molar-refractivity contribution in [1.29, 1.82) is 0 Å². The number of alkyl halides is 3. The molecule has 2 heterocycles. The topological polar surface area (TPSA) is 77.4 Å². The van der Waals surface area contributed by atoms with Crippen LogP contribution in [0.5, 0.6) is 11.5 Å². The predicted octanol–water partition coefficient (Wildman–Crippen LogP) is 5.09. The van der Waals surface area contributed by atoms with Gasteiger partial charge in [0, 0.05) is 12.5 Å². The van der Waals surface area contributed by atoms with Crippen molar-refractivity contribution in [2.75, 3.05) is 24.9 Å². The molecule has 12 heteroatoms. The third-order valence-corrected chi connectivity index (χ3v) is 5.47. The molecule has 2 N–H and O–H groups in total. The molecule has 0 unspecified atom stereocenters. The summed E-state index contributed by atoms with van der Waals surface area (Å²) in [6, 6.07) is 4.35. The van der Waals surface area contributed by atoms with Gasteiger partial charge in [0.05, 0.1) is 32.1 Å². The van der Waals surface area contributed by atoms with Crippen molar-refractivity contribution >= 4 is 17.4 Å². The highest BCUT2D eigenvalue weighted by Gasteiger charge is 2.47. The Morgan fingerprint density at radius 2 is 1.85 bits per heavy atom. The Morgan fingerprint density at radius 1 is 1.12 bits per heavy atom. The van der Waals surface area contributed by atoms with E-state index in [0.29, 0.717) is 27.8 Å². The number of fused-ring (bicyclic) bond motifs is 1. The van der Waals surface area contributed by atoms with E-state index in [1.54, 1.807) is 18.2 Å². The van der Waals surface area contributed by atoms with E-state index < -0.39 is 42.2 Å². The van der Waals surface area contributed by atoms with Crippen molar-refractivity contribution in [2.45, 2.75) is 24.7 Å². The number of carbonyl (C=O) groups is 1. The number of nitrogens with one attached hydrogen (secondary N) is 2. The van der Waals surface area contributed by atoms with Crippen LogP contribution in [0.2, 0.25) is 0 Å². The number of hydrogen-bond donors (Lipinski definition) is 2. The van der Waals surface area contributed by atoms with Gasteiger partial charge in [0.25, 0.3) is 5.91 Å². The average Bonchev–Trinajstić information content (AvgIpc) is 3.23. The monoisotopic (exact) mass is 482 g/mol. The van der Waals surface area contributed by atoms with Gasteiger partial charge >= 0.3 is 6.18 Å². The second-order valence-electron chi connectivity index (χ2n) is 7.53. The standard InChI is InChI=1S/C22H19F5N4O3/c1-33-17-6-3-11(7-18(17)34-2)16-9-19(22(25,26)27)31-20(29-16)13(10-28-31)21(32)30-15-5-4-12(23)8-14(15)24/h3-8,10,16,19,29H,9H2,1-2H3,(H,30,32)/t16-,19-/m0/s1. The largest absolute Gasteiger partial charge is 0.493 e. The normalized spacial score (nSPS) is 17.5. The summed E-state index contributed by atoms with van der Waals surface area (Å²) in [6.07, 6.45) is -4.09. The smallest absolute Gasteiger partial charge is 0.410 e. The molecule has 0 spiro atoms. The highest BCUT2D eigenvalue weighted by Crippen LogP contribution is 2.45. The van der Waals surface area contributed by atoms with E-state index in [1.165, 1.54) is 14.2 Å². The Bertz CT molecular complexity index is 1230. The summed E-state index contributed by atoms with van der Waals surface area (Å²) in [4.78, 5) is 12.8. The van der Waals surface area contributed by atoms with Crippen molar-refractivity contribution in [2.24, 2.45) is 0 Å². The quantitative estimate of drug-likeness (QED) is 0.496. The molecule has 7 nitrogen and oxygen atoms in total. The number of ether oxygens (including phenoxy) is 2. The van der Waals surface area contributed by atoms with Crippen LogP contribution < -0.4 is 20.1 Å². The van der Waals surface area contributed by atoms with E-state index in [9.17, 15) is 26.7 Å². The van der Waals surface area contributed by atoms with E-state index in [1.807, 2.05) is 0 Å². The minimum Gasteiger partial charge on any atom is -0.493 e. The molecule has 1 amide bonds. The predicted molar refractivity (Wildman–Crippen MR) is 112 cm³/mol. The highest BCUT2D eigenvalue weighted by molar-refractivity contribution is 6.07. The average molecular weight is 482 g/mol. The van der Waals surface area contributed by atoms with Crippen LogP contribution in [0, 0.1) is 11.6 Å². The van der Waals surface area contributed by atoms with Crippen molar-refractivity contribution in [3.8, 4) is 11.5 Å². The zero-order chi connectivity index (χ0) is 24.6. The molecule has 34 heavy (non-hydrogen) atoms.